The second-order valence-corrected chi connectivity index (χ2v) is 8.59. The van der Waals surface area contributed by atoms with Crippen LogP contribution in [0.5, 0.6) is 5.75 Å². The lowest BCUT2D eigenvalue weighted by atomic mass is 10.2. The summed E-state index contributed by atoms with van der Waals surface area (Å²) in [6.07, 6.45) is 0. The average molecular weight is 437 g/mol. The van der Waals surface area contributed by atoms with E-state index in [0.717, 1.165) is 5.56 Å². The van der Waals surface area contributed by atoms with E-state index in [9.17, 15) is 13.2 Å². The molecule has 0 saturated carbocycles. The Labute approximate surface area is 178 Å². The Bertz CT molecular complexity index is 1340. The van der Waals surface area contributed by atoms with E-state index in [1.165, 1.54) is 24.3 Å². The molecule has 0 bridgehead atoms. The Balaban J connectivity index is 1.51. The van der Waals surface area contributed by atoms with Crippen LogP contribution in [-0.2, 0) is 16.6 Å². The molecule has 31 heavy (non-hydrogen) atoms. The molecule has 0 fully saturated rings. The summed E-state index contributed by atoms with van der Waals surface area (Å²) in [5.74, 6) is 0.203. The van der Waals surface area contributed by atoms with Gasteiger partial charge in [-0.05, 0) is 60.2 Å². The molecule has 0 amide bonds. The Kier molecular flexibility index (Phi) is 5.45. The van der Waals surface area contributed by atoms with Crippen LogP contribution in [-0.4, -0.2) is 36.6 Å². The highest BCUT2D eigenvalue weighted by atomic mass is 32.2. The number of carboxylic acids is 1. The zero-order valence-electron chi connectivity index (χ0n) is 16.5. The first-order valence-electron chi connectivity index (χ1n) is 9.32. The highest BCUT2D eigenvalue weighted by Crippen LogP contribution is 2.23. The second-order valence-electron chi connectivity index (χ2n) is 6.82. The number of hydrogen-bond donors (Lipinski definition) is 3. The number of nitrogens with one attached hydrogen (secondary N) is 2. The van der Waals surface area contributed by atoms with Crippen LogP contribution < -0.4 is 9.46 Å². The Morgan fingerprint density at radius 2 is 1.77 bits per heavy atom. The summed E-state index contributed by atoms with van der Waals surface area (Å²) < 4.78 is 32.9. The first-order chi connectivity index (χ1) is 14.9. The van der Waals surface area contributed by atoms with Crippen LogP contribution in [0.4, 0.5) is 0 Å². The van der Waals surface area contributed by atoms with Gasteiger partial charge in [0, 0.05) is 12.1 Å². The maximum atomic E-state index is 12.6. The molecule has 0 aliphatic rings. The van der Waals surface area contributed by atoms with Crippen LogP contribution >= 0.6 is 0 Å². The first kappa shape index (κ1) is 20.6. The monoisotopic (exact) mass is 437 g/mol. The summed E-state index contributed by atoms with van der Waals surface area (Å²) in [5, 5.41) is 9.11. The molecule has 9 heteroatoms. The van der Waals surface area contributed by atoms with Gasteiger partial charge in [0.15, 0.2) is 0 Å². The minimum absolute atomic E-state index is 0.133. The Morgan fingerprint density at radius 3 is 2.42 bits per heavy atom. The lowest BCUT2D eigenvalue weighted by molar-refractivity contribution is 0.0697. The van der Waals surface area contributed by atoms with Crippen molar-refractivity contribution in [1.29, 1.82) is 0 Å². The molecule has 0 aliphatic carbocycles. The van der Waals surface area contributed by atoms with Gasteiger partial charge in [-0.2, -0.15) is 0 Å². The van der Waals surface area contributed by atoms with Gasteiger partial charge in [0.25, 0.3) is 0 Å². The van der Waals surface area contributed by atoms with Crippen LogP contribution in [0.1, 0.15) is 15.9 Å². The van der Waals surface area contributed by atoms with Gasteiger partial charge in [0.2, 0.25) is 10.0 Å². The molecule has 8 nitrogen and oxygen atoms in total. The lowest BCUT2D eigenvalue weighted by Crippen LogP contribution is -2.23. The smallest absolute Gasteiger partial charge is 0.335 e. The summed E-state index contributed by atoms with van der Waals surface area (Å²) in [7, 11) is -2.12. The largest absolute Gasteiger partial charge is 0.497 e. The minimum atomic E-state index is -3.69. The van der Waals surface area contributed by atoms with Crippen molar-refractivity contribution in [3.05, 3.63) is 77.9 Å². The molecule has 158 valence electrons. The van der Waals surface area contributed by atoms with E-state index in [1.807, 2.05) is 0 Å². The van der Waals surface area contributed by atoms with E-state index in [0.29, 0.717) is 28.2 Å². The van der Waals surface area contributed by atoms with Crippen molar-refractivity contribution in [3.8, 4) is 17.1 Å². The fourth-order valence-corrected chi connectivity index (χ4v) is 4.09. The first-order valence-corrected chi connectivity index (χ1v) is 10.8. The van der Waals surface area contributed by atoms with Crippen LogP contribution in [0.25, 0.3) is 22.4 Å². The van der Waals surface area contributed by atoms with E-state index in [-0.39, 0.29) is 17.0 Å². The molecule has 4 aromatic rings. The highest BCUT2D eigenvalue weighted by Gasteiger charge is 2.15. The summed E-state index contributed by atoms with van der Waals surface area (Å²) in [4.78, 5) is 18.8. The highest BCUT2D eigenvalue weighted by molar-refractivity contribution is 7.89. The maximum absolute atomic E-state index is 12.6. The number of ether oxygens (including phenoxy) is 1. The van der Waals surface area contributed by atoms with Crippen molar-refractivity contribution in [2.75, 3.05) is 7.11 Å². The maximum Gasteiger partial charge on any atom is 0.335 e. The third-order valence-electron chi connectivity index (χ3n) is 4.79. The number of aromatic nitrogens is 2. The number of aromatic amines is 1. The molecule has 0 saturated heterocycles. The van der Waals surface area contributed by atoms with Crippen LogP contribution in [0, 0.1) is 0 Å². The molecule has 0 unspecified atom stereocenters. The van der Waals surface area contributed by atoms with Crippen molar-refractivity contribution < 1.29 is 23.1 Å². The minimum Gasteiger partial charge on any atom is -0.497 e. The van der Waals surface area contributed by atoms with E-state index in [4.69, 9.17) is 9.84 Å². The fraction of sp³-hybridized carbons (Fsp3) is 0.0909. The van der Waals surface area contributed by atoms with Crippen molar-refractivity contribution >= 4 is 27.0 Å². The normalized spacial score (nSPS) is 11.5. The van der Waals surface area contributed by atoms with Crippen molar-refractivity contribution in [2.45, 2.75) is 11.4 Å². The molecule has 4 rings (SSSR count). The number of H-pyrrole nitrogens is 1. The van der Waals surface area contributed by atoms with Gasteiger partial charge < -0.3 is 14.8 Å². The number of benzene rings is 3. The second kappa shape index (κ2) is 8.21. The summed E-state index contributed by atoms with van der Waals surface area (Å²) in [6, 6.07) is 18.1. The number of aromatic carboxylic acids is 1. The molecule has 0 radical (unpaired) electrons. The topological polar surface area (TPSA) is 121 Å². The zero-order chi connectivity index (χ0) is 22.0. The predicted molar refractivity (Wildman–Crippen MR) is 116 cm³/mol. The third-order valence-corrected chi connectivity index (χ3v) is 6.21. The lowest BCUT2D eigenvalue weighted by Gasteiger charge is -2.08. The van der Waals surface area contributed by atoms with Gasteiger partial charge >= 0.3 is 5.97 Å². The van der Waals surface area contributed by atoms with E-state index in [2.05, 4.69) is 14.7 Å². The molecule has 3 aromatic carbocycles. The number of imidazole rings is 1. The number of fused-ring (bicyclic) bond motifs is 1. The standard InChI is InChI=1S/C22H19N3O5S/c1-30-17-7-2-14(3-8-17)13-23-31(28,29)18-9-4-15(5-10-18)21-24-19-11-6-16(22(26)27)12-20(19)25-21/h2-12,23H,13H2,1H3,(H,24,25)(H,26,27). The fourth-order valence-electron chi connectivity index (χ4n) is 3.08. The molecule has 0 spiro atoms. The van der Waals surface area contributed by atoms with Crippen LogP contribution in [0.3, 0.4) is 0 Å². The van der Waals surface area contributed by atoms with E-state index in [1.54, 1.807) is 49.6 Å². The average Bonchev–Trinajstić information content (AvgIpc) is 3.21. The number of rotatable bonds is 7. The van der Waals surface area contributed by atoms with Crippen LogP contribution in [0.2, 0.25) is 0 Å². The zero-order valence-corrected chi connectivity index (χ0v) is 17.3. The molecule has 1 aromatic heterocycles. The molecule has 3 N–H and O–H groups in total. The summed E-state index contributed by atoms with van der Waals surface area (Å²) in [6.45, 7) is 0.156. The number of carboxylic acid groups (broad SMARTS) is 1. The SMILES string of the molecule is COc1ccc(CNS(=O)(=O)c2ccc(-c3nc4ccc(C(=O)O)cc4[nH]3)cc2)cc1. The quantitative estimate of drug-likeness (QED) is 0.407. The number of carbonyl (C=O) groups is 1. The van der Waals surface area contributed by atoms with E-state index < -0.39 is 16.0 Å². The van der Waals surface area contributed by atoms with Crippen molar-refractivity contribution in [3.63, 3.8) is 0 Å². The van der Waals surface area contributed by atoms with Gasteiger partial charge in [0.1, 0.15) is 11.6 Å². The molecular formula is C22H19N3O5S. The molecular weight excluding hydrogens is 418 g/mol. The summed E-state index contributed by atoms with van der Waals surface area (Å²) >= 11 is 0. The number of sulfonamides is 1. The number of hydrogen-bond acceptors (Lipinski definition) is 5. The third kappa shape index (κ3) is 4.42. The van der Waals surface area contributed by atoms with Gasteiger partial charge in [-0.25, -0.2) is 22.9 Å². The van der Waals surface area contributed by atoms with Crippen molar-refractivity contribution in [1.82, 2.24) is 14.7 Å². The summed E-state index contributed by atoms with van der Waals surface area (Å²) in [5.41, 5.74) is 2.86. The molecule has 0 atom stereocenters. The Morgan fingerprint density at radius 1 is 1.06 bits per heavy atom. The van der Waals surface area contributed by atoms with Gasteiger partial charge in [0.05, 0.1) is 28.6 Å². The molecule has 0 aliphatic heterocycles. The van der Waals surface area contributed by atoms with Crippen LogP contribution in [0.15, 0.2) is 71.6 Å². The van der Waals surface area contributed by atoms with Crippen molar-refractivity contribution in [2.24, 2.45) is 0 Å². The van der Waals surface area contributed by atoms with E-state index >= 15 is 0 Å². The predicted octanol–water partition coefficient (Wildman–Crippen LogP) is 3.42. The van der Waals surface area contributed by atoms with Gasteiger partial charge in [-0.3, -0.25) is 0 Å². The Hall–Kier alpha value is -3.69. The van der Waals surface area contributed by atoms with Gasteiger partial charge in [-0.15, -0.1) is 0 Å². The number of nitrogens with zero attached hydrogens (tertiary/aromatic N) is 1. The molecule has 1 heterocycles. The van der Waals surface area contributed by atoms with Gasteiger partial charge in [-0.1, -0.05) is 12.1 Å². The number of methoxy groups -OCH3 is 1.